The van der Waals surface area contributed by atoms with Crippen LogP contribution in [0.25, 0.3) is 0 Å². The molecule has 0 unspecified atom stereocenters. The number of carbonyl (C=O) groups is 1. The molecule has 24 heavy (non-hydrogen) atoms. The van der Waals surface area contributed by atoms with E-state index in [1.165, 1.54) is 29.2 Å². The zero-order valence-electron chi connectivity index (χ0n) is 13.4. The average Bonchev–Trinajstić information content (AvgIpc) is 3.03. The molecule has 8 heteroatoms. The normalized spacial score (nSPS) is 15.5. The van der Waals surface area contributed by atoms with Crippen LogP contribution in [0.1, 0.15) is 19.8 Å². The molecule has 1 aliphatic rings. The van der Waals surface area contributed by atoms with Crippen LogP contribution < -0.4 is 5.32 Å². The molecular weight excluding hydrogens is 347 g/mol. The first kappa shape index (κ1) is 17.2. The second-order valence-electron chi connectivity index (χ2n) is 5.83. The molecule has 0 radical (unpaired) electrons. The Kier molecular flexibility index (Phi) is 5.68. The number of hydrogen-bond donors (Lipinski definition) is 1. The zero-order chi connectivity index (χ0) is 16.9. The molecule has 2 heterocycles. The van der Waals surface area contributed by atoms with Crippen LogP contribution in [0.2, 0.25) is 0 Å². The summed E-state index contributed by atoms with van der Waals surface area (Å²) in [6, 6.07) is 6.41. The van der Waals surface area contributed by atoms with Crippen LogP contribution in [0.3, 0.4) is 0 Å². The number of thioether (sulfide) groups is 1. The van der Waals surface area contributed by atoms with Crippen LogP contribution in [0.4, 0.5) is 15.2 Å². The number of para-hydroxylation sites is 1. The molecule has 2 aromatic rings. The average molecular weight is 366 g/mol. The third kappa shape index (κ3) is 4.45. The zero-order valence-corrected chi connectivity index (χ0v) is 15.0. The summed E-state index contributed by atoms with van der Waals surface area (Å²) in [5, 5.41) is 11.5. The highest BCUT2D eigenvalue weighted by atomic mass is 32.2. The predicted octanol–water partition coefficient (Wildman–Crippen LogP) is 3.77. The number of rotatable bonds is 5. The van der Waals surface area contributed by atoms with E-state index in [4.69, 9.17) is 0 Å². The molecule has 128 valence electrons. The molecule has 0 spiro atoms. The molecule has 3 rings (SSSR count). The summed E-state index contributed by atoms with van der Waals surface area (Å²) in [6.45, 7) is 3.91. The standard InChI is InChI=1S/C16H19FN4OS2/c1-11-6-8-21(9-7-11)14(22)10-23-16-20-19-15(24-16)18-13-5-3-2-4-12(13)17/h2-5,11H,6-10H2,1H3,(H,18,19). The molecular formula is C16H19FN4OS2. The van der Waals surface area contributed by atoms with Crippen LogP contribution in [-0.2, 0) is 4.79 Å². The number of amides is 1. The van der Waals surface area contributed by atoms with E-state index in [1.54, 1.807) is 18.2 Å². The third-order valence-electron chi connectivity index (χ3n) is 3.98. The Balaban J connectivity index is 1.51. The van der Waals surface area contributed by atoms with Gasteiger partial charge in [-0.25, -0.2) is 4.39 Å². The first-order chi connectivity index (χ1) is 11.6. The lowest BCUT2D eigenvalue weighted by molar-refractivity contribution is -0.129. The molecule has 0 saturated carbocycles. The number of hydrogen-bond acceptors (Lipinski definition) is 6. The summed E-state index contributed by atoms with van der Waals surface area (Å²) in [7, 11) is 0. The Morgan fingerprint density at radius 3 is 2.88 bits per heavy atom. The van der Waals surface area contributed by atoms with Crippen LogP contribution in [0.15, 0.2) is 28.6 Å². The van der Waals surface area contributed by atoms with Crippen molar-refractivity contribution in [2.45, 2.75) is 24.1 Å². The predicted molar refractivity (Wildman–Crippen MR) is 95.3 cm³/mol. The lowest BCUT2D eigenvalue weighted by Crippen LogP contribution is -2.38. The minimum atomic E-state index is -0.337. The highest BCUT2D eigenvalue weighted by Gasteiger charge is 2.20. The topological polar surface area (TPSA) is 58.1 Å². The van der Waals surface area contributed by atoms with E-state index in [2.05, 4.69) is 22.4 Å². The Morgan fingerprint density at radius 1 is 1.38 bits per heavy atom. The Hall–Kier alpha value is -1.67. The van der Waals surface area contributed by atoms with Crippen LogP contribution in [0.5, 0.6) is 0 Å². The molecule has 0 bridgehead atoms. The smallest absolute Gasteiger partial charge is 0.233 e. The number of nitrogens with one attached hydrogen (secondary N) is 1. The number of nitrogens with zero attached hydrogens (tertiary/aromatic N) is 3. The molecule has 5 nitrogen and oxygen atoms in total. The highest BCUT2D eigenvalue weighted by molar-refractivity contribution is 8.01. The maximum absolute atomic E-state index is 13.6. The minimum Gasteiger partial charge on any atom is -0.342 e. The van der Waals surface area contributed by atoms with Crippen molar-refractivity contribution in [1.82, 2.24) is 15.1 Å². The second kappa shape index (κ2) is 7.94. The number of likely N-dealkylation sites (tertiary alicyclic amines) is 1. The first-order valence-corrected chi connectivity index (χ1v) is 9.67. The van der Waals surface area contributed by atoms with Crippen LogP contribution in [0, 0.1) is 11.7 Å². The van der Waals surface area contributed by atoms with E-state index in [0.717, 1.165) is 25.9 Å². The summed E-state index contributed by atoms with van der Waals surface area (Å²) in [4.78, 5) is 14.1. The summed E-state index contributed by atoms with van der Waals surface area (Å²) >= 11 is 2.70. The van der Waals surface area contributed by atoms with Gasteiger partial charge in [0.2, 0.25) is 11.0 Å². The second-order valence-corrected chi connectivity index (χ2v) is 8.03. The van der Waals surface area contributed by atoms with Gasteiger partial charge in [-0.15, -0.1) is 10.2 Å². The van der Waals surface area contributed by atoms with Gasteiger partial charge in [0.25, 0.3) is 0 Å². The van der Waals surface area contributed by atoms with Crippen molar-refractivity contribution < 1.29 is 9.18 Å². The fourth-order valence-electron chi connectivity index (χ4n) is 2.47. The molecule has 0 aliphatic carbocycles. The van der Waals surface area contributed by atoms with Crippen LogP contribution >= 0.6 is 23.1 Å². The van der Waals surface area contributed by atoms with E-state index < -0.39 is 0 Å². The van der Waals surface area contributed by atoms with Crippen LogP contribution in [-0.4, -0.2) is 39.8 Å². The lowest BCUT2D eigenvalue weighted by atomic mass is 9.99. The van der Waals surface area contributed by atoms with Crippen molar-refractivity contribution >= 4 is 39.8 Å². The first-order valence-electron chi connectivity index (χ1n) is 7.87. The Labute approximate surface area is 148 Å². The van der Waals surface area contributed by atoms with Crippen molar-refractivity contribution in [2.75, 3.05) is 24.2 Å². The molecule has 1 aliphatic heterocycles. The van der Waals surface area contributed by atoms with Gasteiger partial charge in [0.1, 0.15) is 5.82 Å². The molecule has 1 amide bonds. The van der Waals surface area contributed by atoms with Crippen molar-refractivity contribution in [3.8, 4) is 0 Å². The number of aromatic nitrogens is 2. The molecule has 0 atom stereocenters. The van der Waals surface area contributed by atoms with Gasteiger partial charge in [-0.2, -0.15) is 0 Å². The largest absolute Gasteiger partial charge is 0.342 e. The van der Waals surface area contributed by atoms with Crippen molar-refractivity contribution in [3.05, 3.63) is 30.1 Å². The van der Waals surface area contributed by atoms with Gasteiger partial charge in [-0.1, -0.05) is 42.2 Å². The van der Waals surface area contributed by atoms with E-state index >= 15 is 0 Å². The van der Waals surface area contributed by atoms with Gasteiger partial charge in [0, 0.05) is 13.1 Å². The summed E-state index contributed by atoms with van der Waals surface area (Å²) in [5.74, 6) is 0.877. The fourth-order valence-corrected chi connectivity index (χ4v) is 4.14. The summed E-state index contributed by atoms with van der Waals surface area (Å²) in [5.41, 5.74) is 0.365. The molecule has 1 aromatic heterocycles. The molecule has 1 saturated heterocycles. The molecule has 1 aromatic carbocycles. The fraction of sp³-hybridized carbons (Fsp3) is 0.438. The van der Waals surface area contributed by atoms with E-state index in [0.29, 0.717) is 26.8 Å². The third-order valence-corrected chi connectivity index (χ3v) is 5.93. The molecule has 1 fully saturated rings. The van der Waals surface area contributed by atoms with E-state index in [1.807, 2.05) is 4.90 Å². The van der Waals surface area contributed by atoms with Gasteiger partial charge in [-0.05, 0) is 30.9 Å². The van der Waals surface area contributed by atoms with E-state index in [9.17, 15) is 9.18 Å². The number of anilines is 2. The van der Waals surface area contributed by atoms with Gasteiger partial charge in [0.15, 0.2) is 4.34 Å². The maximum atomic E-state index is 13.6. The Bertz CT molecular complexity index is 701. The number of carbonyl (C=O) groups excluding carboxylic acids is 1. The summed E-state index contributed by atoms with van der Waals surface area (Å²) in [6.07, 6.45) is 2.15. The number of benzene rings is 1. The van der Waals surface area contributed by atoms with Crippen molar-refractivity contribution in [3.63, 3.8) is 0 Å². The number of piperidine rings is 1. The van der Waals surface area contributed by atoms with Crippen molar-refractivity contribution in [1.29, 1.82) is 0 Å². The highest BCUT2D eigenvalue weighted by Crippen LogP contribution is 2.29. The van der Waals surface area contributed by atoms with Gasteiger partial charge < -0.3 is 10.2 Å². The monoisotopic (exact) mass is 366 g/mol. The van der Waals surface area contributed by atoms with Gasteiger partial charge >= 0.3 is 0 Å². The van der Waals surface area contributed by atoms with Gasteiger partial charge in [-0.3, -0.25) is 4.79 Å². The van der Waals surface area contributed by atoms with Crippen molar-refractivity contribution in [2.24, 2.45) is 5.92 Å². The number of halogens is 1. The molecule has 1 N–H and O–H groups in total. The minimum absolute atomic E-state index is 0.144. The summed E-state index contributed by atoms with van der Waals surface area (Å²) < 4.78 is 14.3. The SMILES string of the molecule is CC1CCN(C(=O)CSc2nnc(Nc3ccccc3F)s2)CC1. The van der Waals surface area contributed by atoms with Gasteiger partial charge in [0.05, 0.1) is 11.4 Å². The quantitative estimate of drug-likeness (QED) is 0.816. The maximum Gasteiger partial charge on any atom is 0.233 e. The Morgan fingerprint density at radius 2 is 2.12 bits per heavy atom. The van der Waals surface area contributed by atoms with E-state index in [-0.39, 0.29) is 11.7 Å². The lowest BCUT2D eigenvalue weighted by Gasteiger charge is -2.30.